The van der Waals surface area contributed by atoms with E-state index in [1.165, 1.54) is 24.3 Å². The van der Waals surface area contributed by atoms with Crippen LogP contribution in [-0.2, 0) is 6.54 Å². The molecule has 2 amide bonds. The van der Waals surface area contributed by atoms with Crippen LogP contribution in [0.1, 0.15) is 22.8 Å². The van der Waals surface area contributed by atoms with Crippen LogP contribution in [0.3, 0.4) is 0 Å². The van der Waals surface area contributed by atoms with Gasteiger partial charge in [0.15, 0.2) is 0 Å². The van der Waals surface area contributed by atoms with Crippen molar-refractivity contribution in [3.8, 4) is 0 Å². The van der Waals surface area contributed by atoms with E-state index in [2.05, 4.69) is 16.7 Å². The third-order valence-electron chi connectivity index (χ3n) is 3.99. The van der Waals surface area contributed by atoms with Crippen molar-refractivity contribution in [3.63, 3.8) is 0 Å². The Kier molecular flexibility index (Phi) is 6.36. The first-order chi connectivity index (χ1) is 11.9. The smallest absolute Gasteiger partial charge is 0.315 e. The number of aliphatic hydroxyl groups is 1. The Balaban J connectivity index is 1.81. The summed E-state index contributed by atoms with van der Waals surface area (Å²) in [5, 5.41) is 15.4. The van der Waals surface area contributed by atoms with Crippen LogP contribution < -0.4 is 15.5 Å². The van der Waals surface area contributed by atoms with E-state index in [4.69, 9.17) is 0 Å². The fourth-order valence-corrected chi connectivity index (χ4v) is 2.39. The summed E-state index contributed by atoms with van der Waals surface area (Å²) in [6.07, 6.45) is -0.882. The van der Waals surface area contributed by atoms with Crippen LogP contribution in [-0.4, -0.2) is 31.8 Å². The molecule has 0 aliphatic carbocycles. The predicted octanol–water partition coefficient (Wildman–Crippen LogP) is 2.73. The van der Waals surface area contributed by atoms with Crippen molar-refractivity contribution in [3.05, 3.63) is 65.0 Å². The van der Waals surface area contributed by atoms with Crippen molar-refractivity contribution in [2.24, 2.45) is 0 Å². The third-order valence-corrected chi connectivity index (χ3v) is 3.99. The quantitative estimate of drug-likeness (QED) is 0.754. The van der Waals surface area contributed by atoms with Crippen LogP contribution in [0.15, 0.2) is 42.5 Å². The number of benzene rings is 2. The summed E-state index contributed by atoms with van der Waals surface area (Å²) >= 11 is 0. The molecular weight excluding hydrogens is 321 g/mol. The molecule has 0 aliphatic heterocycles. The number of hydrogen-bond donors (Lipinski definition) is 3. The van der Waals surface area contributed by atoms with Gasteiger partial charge in [-0.3, -0.25) is 0 Å². The Bertz CT molecular complexity index is 717. The van der Waals surface area contributed by atoms with E-state index in [1.807, 2.05) is 38.1 Å². The van der Waals surface area contributed by atoms with Crippen molar-refractivity contribution in [1.82, 2.24) is 10.6 Å². The molecule has 0 aromatic heterocycles. The molecule has 134 valence electrons. The average Bonchev–Trinajstić information content (AvgIpc) is 2.59. The highest BCUT2D eigenvalue weighted by Gasteiger charge is 2.10. The lowest BCUT2D eigenvalue weighted by atomic mass is 10.1. The van der Waals surface area contributed by atoms with Crippen molar-refractivity contribution < 1.29 is 14.3 Å². The van der Waals surface area contributed by atoms with Crippen LogP contribution in [0.25, 0.3) is 0 Å². The molecule has 2 rings (SSSR count). The van der Waals surface area contributed by atoms with Gasteiger partial charge in [0, 0.05) is 32.9 Å². The van der Waals surface area contributed by atoms with E-state index in [9.17, 15) is 14.3 Å². The number of rotatable bonds is 6. The summed E-state index contributed by atoms with van der Waals surface area (Å²) in [5.74, 6) is -0.364. The summed E-state index contributed by atoms with van der Waals surface area (Å²) < 4.78 is 12.9. The SMILES string of the molecule is Cc1cc(N(C)C)ccc1CNC(=O)NCC(O)c1ccc(F)cc1. The number of anilines is 1. The molecule has 0 heterocycles. The lowest BCUT2D eigenvalue weighted by Crippen LogP contribution is -2.37. The zero-order chi connectivity index (χ0) is 18.4. The molecule has 1 unspecified atom stereocenters. The minimum Gasteiger partial charge on any atom is -0.387 e. The first-order valence-electron chi connectivity index (χ1n) is 8.09. The molecule has 25 heavy (non-hydrogen) atoms. The molecule has 0 spiro atoms. The molecule has 0 fully saturated rings. The zero-order valence-corrected chi connectivity index (χ0v) is 14.7. The number of hydrogen-bond acceptors (Lipinski definition) is 3. The van der Waals surface area contributed by atoms with Gasteiger partial charge in [-0.25, -0.2) is 9.18 Å². The maximum Gasteiger partial charge on any atom is 0.315 e. The minimum absolute atomic E-state index is 0.0516. The zero-order valence-electron chi connectivity index (χ0n) is 14.7. The average molecular weight is 345 g/mol. The number of urea groups is 1. The van der Waals surface area contributed by atoms with E-state index in [1.54, 1.807) is 0 Å². The van der Waals surface area contributed by atoms with Crippen LogP contribution in [0.5, 0.6) is 0 Å². The van der Waals surface area contributed by atoms with E-state index in [0.29, 0.717) is 12.1 Å². The number of halogens is 1. The van der Waals surface area contributed by atoms with Crippen molar-refractivity contribution in [2.75, 3.05) is 25.5 Å². The number of carbonyl (C=O) groups excluding carboxylic acids is 1. The molecule has 1 atom stereocenters. The Hall–Kier alpha value is -2.60. The summed E-state index contributed by atoms with van der Waals surface area (Å²) in [4.78, 5) is 13.9. The Labute approximate surface area is 147 Å². The number of amides is 2. The second kappa shape index (κ2) is 8.48. The monoisotopic (exact) mass is 345 g/mol. The maximum atomic E-state index is 12.9. The molecule has 3 N–H and O–H groups in total. The maximum absolute atomic E-state index is 12.9. The highest BCUT2D eigenvalue weighted by molar-refractivity contribution is 5.74. The van der Waals surface area contributed by atoms with E-state index in [-0.39, 0.29) is 18.4 Å². The first-order valence-corrected chi connectivity index (χ1v) is 8.09. The lowest BCUT2D eigenvalue weighted by Gasteiger charge is -2.16. The fraction of sp³-hybridized carbons (Fsp3) is 0.316. The normalized spacial score (nSPS) is 11.7. The number of aryl methyl sites for hydroxylation is 1. The lowest BCUT2D eigenvalue weighted by molar-refractivity contribution is 0.173. The molecule has 0 saturated carbocycles. The van der Waals surface area contributed by atoms with Crippen LogP contribution in [0.2, 0.25) is 0 Å². The predicted molar refractivity (Wildman–Crippen MR) is 97.1 cm³/mol. The van der Waals surface area contributed by atoms with Gasteiger partial charge < -0.3 is 20.6 Å². The van der Waals surface area contributed by atoms with E-state index in [0.717, 1.165) is 16.8 Å². The van der Waals surface area contributed by atoms with E-state index >= 15 is 0 Å². The Morgan fingerprint density at radius 2 is 1.84 bits per heavy atom. The third kappa shape index (κ3) is 5.46. The molecule has 2 aromatic rings. The number of nitrogens with zero attached hydrogens (tertiary/aromatic N) is 1. The van der Waals surface area contributed by atoms with Gasteiger partial charge in [-0.1, -0.05) is 18.2 Å². The van der Waals surface area contributed by atoms with Gasteiger partial charge >= 0.3 is 6.03 Å². The fourth-order valence-electron chi connectivity index (χ4n) is 2.39. The summed E-state index contributed by atoms with van der Waals surface area (Å²) in [7, 11) is 3.96. The minimum atomic E-state index is -0.882. The molecule has 0 aliphatic rings. The Morgan fingerprint density at radius 3 is 2.44 bits per heavy atom. The second-order valence-electron chi connectivity index (χ2n) is 6.14. The molecule has 0 bridgehead atoms. The molecular formula is C19H24FN3O2. The van der Waals surface area contributed by atoms with Gasteiger partial charge in [-0.05, 0) is 47.9 Å². The first kappa shape index (κ1) is 18.7. The number of nitrogens with one attached hydrogen (secondary N) is 2. The van der Waals surface area contributed by atoms with Crippen molar-refractivity contribution in [1.29, 1.82) is 0 Å². The number of carbonyl (C=O) groups is 1. The second-order valence-corrected chi connectivity index (χ2v) is 6.14. The van der Waals surface area contributed by atoms with E-state index < -0.39 is 6.10 Å². The largest absolute Gasteiger partial charge is 0.387 e. The number of aliphatic hydroxyl groups excluding tert-OH is 1. The van der Waals surface area contributed by atoms with Gasteiger partial charge in [0.05, 0.1) is 6.10 Å². The highest BCUT2D eigenvalue weighted by Crippen LogP contribution is 2.17. The van der Waals surface area contributed by atoms with Crippen LogP contribution >= 0.6 is 0 Å². The van der Waals surface area contributed by atoms with Crippen LogP contribution in [0, 0.1) is 12.7 Å². The standard InChI is InChI=1S/C19H24FN3O2/c1-13-10-17(23(2)3)9-6-15(13)11-21-19(25)22-12-18(24)14-4-7-16(20)8-5-14/h4-10,18,24H,11-12H2,1-3H3,(H2,21,22,25). The molecule has 0 radical (unpaired) electrons. The van der Waals surface area contributed by atoms with Gasteiger partial charge in [-0.15, -0.1) is 0 Å². The van der Waals surface area contributed by atoms with Crippen molar-refractivity contribution in [2.45, 2.75) is 19.6 Å². The molecule has 6 heteroatoms. The van der Waals surface area contributed by atoms with Crippen molar-refractivity contribution >= 4 is 11.7 Å². The van der Waals surface area contributed by atoms with Crippen LogP contribution in [0.4, 0.5) is 14.9 Å². The summed E-state index contributed by atoms with van der Waals surface area (Å²) in [6.45, 7) is 2.45. The summed E-state index contributed by atoms with van der Waals surface area (Å²) in [5.41, 5.74) is 3.78. The Morgan fingerprint density at radius 1 is 1.16 bits per heavy atom. The summed E-state index contributed by atoms with van der Waals surface area (Å²) in [6, 6.07) is 11.2. The van der Waals surface area contributed by atoms with Gasteiger partial charge in [0.1, 0.15) is 5.82 Å². The molecule has 5 nitrogen and oxygen atoms in total. The molecule has 0 saturated heterocycles. The van der Waals surface area contributed by atoms with Gasteiger partial charge in [0.25, 0.3) is 0 Å². The van der Waals surface area contributed by atoms with Gasteiger partial charge in [-0.2, -0.15) is 0 Å². The molecule has 2 aromatic carbocycles. The van der Waals surface area contributed by atoms with Gasteiger partial charge in [0.2, 0.25) is 0 Å². The topological polar surface area (TPSA) is 64.6 Å². The highest BCUT2D eigenvalue weighted by atomic mass is 19.1.